The second-order valence-corrected chi connectivity index (χ2v) is 5.75. The van der Waals surface area contributed by atoms with Gasteiger partial charge in [0.1, 0.15) is 5.75 Å². The van der Waals surface area contributed by atoms with E-state index >= 15 is 0 Å². The maximum absolute atomic E-state index is 10.5. The average molecular weight is 291 g/mol. The Kier molecular flexibility index (Phi) is 7.48. The topological polar surface area (TPSA) is 43.7 Å². The Balaban J connectivity index is 2.55. The highest BCUT2D eigenvalue weighted by molar-refractivity contribution is 5.50. The van der Waals surface area contributed by atoms with Crippen molar-refractivity contribution in [3.05, 3.63) is 35.9 Å². The van der Waals surface area contributed by atoms with Crippen LogP contribution < -0.4 is 0 Å². The lowest BCUT2D eigenvalue weighted by atomic mass is 9.92. The molecule has 1 aromatic rings. The summed E-state index contributed by atoms with van der Waals surface area (Å²) in [6, 6.07) is 7.34. The van der Waals surface area contributed by atoms with Crippen LogP contribution in [0.3, 0.4) is 0 Å². The number of rotatable bonds is 8. The van der Waals surface area contributed by atoms with E-state index in [4.69, 9.17) is 0 Å². The molecule has 0 radical (unpaired) electrons. The Labute approximate surface area is 128 Å². The smallest absolute Gasteiger partial charge is 0.115 e. The van der Waals surface area contributed by atoms with Gasteiger partial charge in [-0.15, -0.1) is 0 Å². The molecule has 3 atom stereocenters. The molecule has 0 aromatic heterocycles. The van der Waals surface area contributed by atoms with Gasteiger partial charge in [-0.3, -0.25) is 0 Å². The lowest BCUT2D eigenvalue weighted by Crippen LogP contribution is -2.43. The number of phenolic OH excluding ortho intramolecular Hbond substituents is 1. The van der Waals surface area contributed by atoms with Gasteiger partial charge in [0.25, 0.3) is 0 Å². The molecule has 0 spiro atoms. The van der Waals surface area contributed by atoms with E-state index in [0.29, 0.717) is 0 Å². The van der Waals surface area contributed by atoms with E-state index in [9.17, 15) is 10.2 Å². The summed E-state index contributed by atoms with van der Waals surface area (Å²) in [6.07, 6.45) is 5.61. The zero-order chi connectivity index (χ0) is 15.8. The molecule has 1 aromatic carbocycles. The minimum atomic E-state index is -0.315. The Hall–Kier alpha value is -1.32. The quantitative estimate of drug-likeness (QED) is 0.770. The van der Waals surface area contributed by atoms with Crippen molar-refractivity contribution in [2.24, 2.45) is 5.92 Å². The van der Waals surface area contributed by atoms with E-state index < -0.39 is 0 Å². The molecule has 21 heavy (non-hydrogen) atoms. The third-order valence-electron chi connectivity index (χ3n) is 4.17. The largest absolute Gasteiger partial charge is 0.508 e. The fourth-order valence-corrected chi connectivity index (χ4v) is 2.57. The fourth-order valence-electron chi connectivity index (χ4n) is 2.57. The number of benzene rings is 1. The van der Waals surface area contributed by atoms with Gasteiger partial charge in [-0.2, -0.15) is 0 Å². The summed E-state index contributed by atoms with van der Waals surface area (Å²) in [4.78, 5) is 2.21. The Morgan fingerprint density at radius 1 is 1.19 bits per heavy atom. The molecule has 2 N–H and O–H groups in total. The number of aliphatic hydroxyl groups is 1. The summed E-state index contributed by atoms with van der Waals surface area (Å²) in [6.45, 7) is 7.29. The van der Waals surface area contributed by atoms with E-state index in [1.807, 2.05) is 18.2 Å². The second kappa shape index (κ2) is 8.85. The maximum atomic E-state index is 10.5. The molecule has 0 bridgehead atoms. The molecule has 118 valence electrons. The zero-order valence-electron chi connectivity index (χ0n) is 13.7. The molecule has 1 unspecified atom stereocenters. The highest BCUT2D eigenvalue weighted by Gasteiger charge is 2.25. The van der Waals surface area contributed by atoms with Gasteiger partial charge in [0.15, 0.2) is 0 Å². The first-order chi connectivity index (χ1) is 9.99. The highest BCUT2D eigenvalue weighted by Crippen LogP contribution is 2.19. The number of aliphatic hydroxyl groups excluding tert-OH is 1. The minimum Gasteiger partial charge on any atom is -0.508 e. The summed E-state index contributed by atoms with van der Waals surface area (Å²) >= 11 is 0. The van der Waals surface area contributed by atoms with Crippen molar-refractivity contribution in [2.45, 2.75) is 45.8 Å². The molecule has 0 amide bonds. The van der Waals surface area contributed by atoms with Gasteiger partial charge in [-0.25, -0.2) is 0 Å². The van der Waals surface area contributed by atoms with Crippen molar-refractivity contribution in [3.8, 4) is 5.75 Å². The third-order valence-corrected chi connectivity index (χ3v) is 4.17. The molecule has 0 heterocycles. The van der Waals surface area contributed by atoms with Crippen molar-refractivity contribution >= 4 is 6.08 Å². The monoisotopic (exact) mass is 291 g/mol. The molecule has 0 saturated carbocycles. The lowest BCUT2D eigenvalue weighted by molar-refractivity contribution is 0.0263. The van der Waals surface area contributed by atoms with E-state index in [1.54, 1.807) is 12.1 Å². The van der Waals surface area contributed by atoms with Crippen molar-refractivity contribution < 1.29 is 10.2 Å². The van der Waals surface area contributed by atoms with Crippen molar-refractivity contribution in [3.63, 3.8) is 0 Å². The molecule has 0 aliphatic heterocycles. The van der Waals surface area contributed by atoms with Gasteiger partial charge in [0.05, 0.1) is 6.10 Å². The van der Waals surface area contributed by atoms with Crippen LogP contribution in [0.2, 0.25) is 0 Å². The predicted octanol–water partition coefficient (Wildman–Crippen LogP) is 3.52. The molecule has 3 nitrogen and oxygen atoms in total. The second-order valence-electron chi connectivity index (χ2n) is 5.75. The van der Waals surface area contributed by atoms with Crippen molar-refractivity contribution in [2.75, 3.05) is 13.6 Å². The molecule has 0 aliphatic carbocycles. The molecule has 0 saturated heterocycles. The van der Waals surface area contributed by atoms with Crippen LogP contribution >= 0.6 is 0 Å². The maximum Gasteiger partial charge on any atom is 0.115 e. The standard InChI is InChI=1S/C18H29NO2/c1-5-17(19(4)6-2)18(21)14(3)8-7-9-15-10-12-16(20)13-11-15/h7,9-14,17-18,20-21H,5-6,8H2,1-4H3/b9-7+/t14-,17?,18-/m1/s1. The van der Waals surface area contributed by atoms with Gasteiger partial charge < -0.3 is 15.1 Å². The molecule has 0 fully saturated rings. The molecule has 1 rings (SSSR count). The number of nitrogens with zero attached hydrogens (tertiary/aromatic N) is 1. The summed E-state index contributed by atoms with van der Waals surface area (Å²) < 4.78 is 0. The van der Waals surface area contributed by atoms with Gasteiger partial charge >= 0.3 is 0 Å². The first-order valence-electron chi connectivity index (χ1n) is 7.83. The van der Waals surface area contributed by atoms with E-state index in [1.165, 1.54) is 0 Å². The predicted molar refractivity (Wildman–Crippen MR) is 89.3 cm³/mol. The van der Waals surface area contributed by atoms with E-state index in [0.717, 1.165) is 24.9 Å². The Morgan fingerprint density at radius 3 is 2.33 bits per heavy atom. The molecule has 3 heteroatoms. The molecular weight excluding hydrogens is 262 g/mol. The first-order valence-corrected chi connectivity index (χ1v) is 7.83. The van der Waals surface area contributed by atoms with Crippen molar-refractivity contribution in [1.29, 1.82) is 0 Å². The van der Waals surface area contributed by atoms with E-state index in [-0.39, 0.29) is 23.8 Å². The number of phenols is 1. The van der Waals surface area contributed by atoms with Crippen molar-refractivity contribution in [1.82, 2.24) is 4.90 Å². The van der Waals surface area contributed by atoms with Crippen LogP contribution in [0.25, 0.3) is 6.08 Å². The van der Waals surface area contributed by atoms with Gasteiger partial charge in [-0.05, 0) is 50.0 Å². The van der Waals surface area contributed by atoms with Gasteiger partial charge in [0.2, 0.25) is 0 Å². The van der Waals surface area contributed by atoms with Crippen LogP contribution in [0.15, 0.2) is 30.3 Å². The average Bonchev–Trinajstić information content (AvgIpc) is 2.49. The van der Waals surface area contributed by atoms with Crippen LogP contribution in [0.5, 0.6) is 5.75 Å². The van der Waals surface area contributed by atoms with Crippen LogP contribution in [0.1, 0.15) is 39.2 Å². The number of hydrogen-bond acceptors (Lipinski definition) is 3. The summed E-state index contributed by atoms with van der Waals surface area (Å²) in [5.41, 5.74) is 1.06. The number of hydrogen-bond donors (Lipinski definition) is 2. The number of allylic oxidation sites excluding steroid dienone is 1. The van der Waals surface area contributed by atoms with Gasteiger partial charge in [0, 0.05) is 6.04 Å². The van der Waals surface area contributed by atoms with Crippen LogP contribution in [0.4, 0.5) is 0 Å². The summed E-state index contributed by atoms with van der Waals surface area (Å²) in [5, 5.41) is 19.7. The number of likely N-dealkylation sites (N-methyl/N-ethyl adjacent to an activating group) is 1. The third kappa shape index (κ3) is 5.52. The highest BCUT2D eigenvalue weighted by atomic mass is 16.3. The van der Waals surface area contributed by atoms with Crippen LogP contribution in [-0.2, 0) is 0 Å². The SMILES string of the molecule is CCC([C@H](O)[C@H](C)C/C=C/c1ccc(O)cc1)N(C)CC. The van der Waals surface area contributed by atoms with Gasteiger partial charge in [-0.1, -0.05) is 45.1 Å². The fraction of sp³-hybridized carbons (Fsp3) is 0.556. The summed E-state index contributed by atoms with van der Waals surface area (Å²) in [7, 11) is 2.07. The molecular formula is C18H29NO2. The molecule has 0 aliphatic rings. The van der Waals surface area contributed by atoms with Crippen LogP contribution in [-0.4, -0.2) is 40.9 Å². The van der Waals surface area contributed by atoms with E-state index in [2.05, 4.69) is 38.8 Å². The Bertz CT molecular complexity index is 427. The Morgan fingerprint density at radius 2 is 1.81 bits per heavy atom. The lowest BCUT2D eigenvalue weighted by Gasteiger charge is -2.33. The number of aromatic hydroxyl groups is 1. The first kappa shape index (κ1) is 17.7. The van der Waals surface area contributed by atoms with Crippen LogP contribution in [0, 0.1) is 5.92 Å². The normalized spacial score (nSPS) is 16.3. The zero-order valence-corrected chi connectivity index (χ0v) is 13.7. The summed E-state index contributed by atoms with van der Waals surface area (Å²) in [5.74, 6) is 0.502. The minimum absolute atomic E-state index is 0.215.